The van der Waals surface area contributed by atoms with Gasteiger partial charge in [0.05, 0.1) is 5.56 Å². The minimum Gasteiger partial charge on any atom is -0.474 e. The van der Waals surface area contributed by atoms with Gasteiger partial charge in [-0.3, -0.25) is 9.59 Å². The summed E-state index contributed by atoms with van der Waals surface area (Å²) in [4.78, 5) is 39.9. The van der Waals surface area contributed by atoms with Gasteiger partial charge in [-0.25, -0.2) is 4.79 Å². The van der Waals surface area contributed by atoms with Gasteiger partial charge < -0.3 is 14.9 Å². The molecule has 1 aliphatic heterocycles. The lowest BCUT2D eigenvalue weighted by atomic mass is 9.95. The molecule has 6 nitrogen and oxygen atoms in total. The molecule has 9 heteroatoms. The van der Waals surface area contributed by atoms with E-state index in [1.165, 1.54) is 86.8 Å². The van der Waals surface area contributed by atoms with Crippen LogP contribution in [0.25, 0.3) is 0 Å². The Hall–Kier alpha value is -3.36. The van der Waals surface area contributed by atoms with Crippen molar-refractivity contribution in [3.05, 3.63) is 70.8 Å². The van der Waals surface area contributed by atoms with Gasteiger partial charge in [0.15, 0.2) is 0 Å². The summed E-state index contributed by atoms with van der Waals surface area (Å²) < 4.78 is 38.7. The number of carboxylic acids is 1. The van der Waals surface area contributed by atoms with Crippen molar-refractivity contribution in [1.29, 1.82) is 0 Å². The second kappa shape index (κ2) is 18.6. The summed E-state index contributed by atoms with van der Waals surface area (Å²) in [7, 11) is 0. The minimum absolute atomic E-state index is 0.0278. The van der Waals surface area contributed by atoms with E-state index in [2.05, 4.69) is 6.92 Å². The van der Waals surface area contributed by atoms with Crippen molar-refractivity contribution < 1.29 is 32.7 Å². The van der Waals surface area contributed by atoms with E-state index in [0.29, 0.717) is 37.1 Å². The first kappa shape index (κ1) is 36.1. The van der Waals surface area contributed by atoms with Gasteiger partial charge in [-0.2, -0.15) is 13.2 Å². The molecule has 3 rings (SSSR count). The molecule has 248 valence electrons. The number of piperidine rings is 1. The first-order chi connectivity index (χ1) is 21.6. The normalized spacial score (nSPS) is 14.0. The largest absolute Gasteiger partial charge is 0.474 e. The molecular formula is C36H49F3N2O4. The maximum Gasteiger partial charge on any atom is 0.416 e. The van der Waals surface area contributed by atoms with E-state index in [-0.39, 0.29) is 24.9 Å². The van der Waals surface area contributed by atoms with Crippen molar-refractivity contribution in [3.63, 3.8) is 0 Å². The molecule has 0 aliphatic carbocycles. The fourth-order valence-electron chi connectivity index (χ4n) is 5.99. The van der Waals surface area contributed by atoms with Crippen molar-refractivity contribution in [2.75, 3.05) is 19.6 Å². The van der Waals surface area contributed by atoms with Crippen molar-refractivity contribution >= 4 is 17.8 Å². The van der Waals surface area contributed by atoms with Crippen molar-refractivity contribution in [1.82, 2.24) is 9.80 Å². The third-order valence-corrected chi connectivity index (χ3v) is 8.78. The molecule has 0 bridgehead atoms. The standard InChI is InChI=1S/C36H49F3N2O4/c1-2-3-4-5-6-7-8-9-10-11-12-13-28-14-18-31(19-15-28)33(42)40-24-22-30(23-25-40)27-41(34(43)35(44)45)26-29-16-20-32(21-17-29)36(37,38)39/h14-21,30H,2-13,22-27H2,1H3,(H,44,45). The van der Waals surface area contributed by atoms with E-state index in [0.717, 1.165) is 25.0 Å². The average molecular weight is 631 g/mol. The van der Waals surface area contributed by atoms with Crippen LogP contribution in [0.15, 0.2) is 48.5 Å². The van der Waals surface area contributed by atoms with E-state index in [9.17, 15) is 32.7 Å². The summed E-state index contributed by atoms with van der Waals surface area (Å²) in [5.74, 6) is -2.78. The van der Waals surface area contributed by atoms with Crippen LogP contribution >= 0.6 is 0 Å². The predicted octanol–water partition coefficient (Wildman–Crippen LogP) is 8.52. The molecule has 0 spiro atoms. The van der Waals surface area contributed by atoms with Crippen LogP contribution in [0.4, 0.5) is 13.2 Å². The smallest absolute Gasteiger partial charge is 0.416 e. The Balaban J connectivity index is 1.39. The van der Waals surface area contributed by atoms with Gasteiger partial charge in [0, 0.05) is 31.7 Å². The third kappa shape index (κ3) is 12.5. The number of rotatable bonds is 17. The van der Waals surface area contributed by atoms with E-state index in [1.54, 1.807) is 4.90 Å². The number of benzene rings is 2. The Bertz CT molecular complexity index is 1190. The zero-order valence-corrected chi connectivity index (χ0v) is 26.6. The molecule has 2 aromatic carbocycles. The van der Waals surface area contributed by atoms with Crippen LogP contribution in [0.3, 0.4) is 0 Å². The highest BCUT2D eigenvalue weighted by Gasteiger charge is 2.31. The molecule has 0 unspecified atom stereocenters. The lowest BCUT2D eigenvalue weighted by Crippen LogP contribution is -2.44. The lowest BCUT2D eigenvalue weighted by molar-refractivity contribution is -0.156. The van der Waals surface area contributed by atoms with E-state index in [1.807, 2.05) is 24.3 Å². The molecule has 2 amide bonds. The second-order valence-electron chi connectivity index (χ2n) is 12.4. The fourth-order valence-corrected chi connectivity index (χ4v) is 5.99. The average Bonchev–Trinajstić information content (AvgIpc) is 3.03. The molecule has 1 aliphatic rings. The van der Waals surface area contributed by atoms with E-state index >= 15 is 0 Å². The molecule has 45 heavy (non-hydrogen) atoms. The Kier molecular flexibility index (Phi) is 14.9. The molecule has 0 saturated carbocycles. The Morgan fingerprint density at radius 2 is 1.29 bits per heavy atom. The number of hydrogen-bond donors (Lipinski definition) is 1. The molecule has 1 N–H and O–H groups in total. The Morgan fingerprint density at radius 3 is 1.80 bits per heavy atom. The Labute approximate surface area is 266 Å². The monoisotopic (exact) mass is 630 g/mol. The quantitative estimate of drug-likeness (QED) is 0.140. The number of carbonyl (C=O) groups is 3. The van der Waals surface area contributed by atoms with Crippen molar-refractivity contribution in [3.8, 4) is 0 Å². The van der Waals surface area contributed by atoms with Gasteiger partial charge in [-0.1, -0.05) is 95.4 Å². The number of hydrogen-bond acceptors (Lipinski definition) is 3. The zero-order valence-electron chi connectivity index (χ0n) is 26.6. The summed E-state index contributed by atoms with van der Waals surface area (Å²) >= 11 is 0. The molecule has 0 atom stereocenters. The number of amides is 2. The summed E-state index contributed by atoms with van der Waals surface area (Å²) in [6.07, 6.45) is 12.1. The van der Waals surface area contributed by atoms with Crippen LogP contribution in [0.5, 0.6) is 0 Å². The highest BCUT2D eigenvalue weighted by molar-refractivity contribution is 6.31. The first-order valence-electron chi connectivity index (χ1n) is 16.6. The summed E-state index contributed by atoms with van der Waals surface area (Å²) in [6, 6.07) is 12.2. The third-order valence-electron chi connectivity index (χ3n) is 8.78. The molecule has 2 aromatic rings. The van der Waals surface area contributed by atoms with Crippen LogP contribution in [0.1, 0.15) is 117 Å². The number of unbranched alkanes of at least 4 members (excludes halogenated alkanes) is 10. The number of aliphatic carboxylic acids is 1. The molecule has 1 fully saturated rings. The number of likely N-dealkylation sites (tertiary alicyclic amines) is 1. The summed E-state index contributed by atoms with van der Waals surface area (Å²) in [5.41, 5.74) is 1.48. The zero-order chi connectivity index (χ0) is 32.7. The molecule has 1 heterocycles. The maximum absolute atomic E-state index is 13.1. The van der Waals surface area contributed by atoms with Crippen LogP contribution in [0, 0.1) is 5.92 Å². The van der Waals surface area contributed by atoms with Crippen molar-refractivity contribution in [2.45, 2.75) is 110 Å². The summed E-state index contributed by atoms with van der Waals surface area (Å²) in [5, 5.41) is 9.31. The number of halogens is 3. The van der Waals surface area contributed by atoms with Crippen LogP contribution in [-0.2, 0) is 28.7 Å². The van der Waals surface area contributed by atoms with Gasteiger partial charge >= 0.3 is 18.1 Å². The second-order valence-corrected chi connectivity index (χ2v) is 12.4. The summed E-state index contributed by atoms with van der Waals surface area (Å²) in [6.45, 7) is 3.27. The lowest BCUT2D eigenvalue weighted by Gasteiger charge is -2.34. The van der Waals surface area contributed by atoms with E-state index in [4.69, 9.17) is 0 Å². The molecule has 0 radical (unpaired) electrons. The fraction of sp³-hybridized carbons (Fsp3) is 0.583. The molecule has 0 aromatic heterocycles. The van der Waals surface area contributed by atoms with Crippen molar-refractivity contribution in [2.24, 2.45) is 5.92 Å². The number of carbonyl (C=O) groups excluding carboxylic acids is 2. The van der Waals surface area contributed by atoms with Gasteiger partial charge in [-0.05, 0) is 67.0 Å². The molecule has 1 saturated heterocycles. The first-order valence-corrected chi connectivity index (χ1v) is 16.6. The van der Waals surface area contributed by atoms with Crippen LogP contribution in [-0.4, -0.2) is 52.3 Å². The number of carboxylic acid groups (broad SMARTS) is 1. The highest BCUT2D eigenvalue weighted by Crippen LogP contribution is 2.29. The minimum atomic E-state index is -4.48. The van der Waals surface area contributed by atoms with Crippen LogP contribution < -0.4 is 0 Å². The number of nitrogens with zero attached hydrogens (tertiary/aromatic N) is 2. The van der Waals surface area contributed by atoms with Gasteiger partial charge in [0.2, 0.25) is 0 Å². The molecular weight excluding hydrogens is 581 g/mol. The van der Waals surface area contributed by atoms with Gasteiger partial charge in [-0.15, -0.1) is 0 Å². The number of alkyl halides is 3. The van der Waals surface area contributed by atoms with Gasteiger partial charge in [0.1, 0.15) is 0 Å². The number of aryl methyl sites for hydroxylation is 1. The van der Waals surface area contributed by atoms with Gasteiger partial charge in [0.25, 0.3) is 5.91 Å². The SMILES string of the molecule is CCCCCCCCCCCCCc1ccc(C(=O)N2CCC(CN(Cc3ccc(C(F)(F)F)cc3)C(=O)C(=O)O)CC2)cc1. The van der Waals surface area contributed by atoms with E-state index < -0.39 is 23.6 Å². The predicted molar refractivity (Wildman–Crippen MR) is 170 cm³/mol. The topological polar surface area (TPSA) is 77.9 Å². The Morgan fingerprint density at radius 1 is 0.778 bits per heavy atom. The van der Waals surface area contributed by atoms with Crippen LogP contribution in [0.2, 0.25) is 0 Å². The maximum atomic E-state index is 13.1. The highest BCUT2D eigenvalue weighted by atomic mass is 19.4.